The van der Waals surface area contributed by atoms with E-state index in [1.165, 1.54) is 9.60 Å². The Bertz CT molecular complexity index is 837. The molecule has 1 unspecified atom stereocenters. The van der Waals surface area contributed by atoms with E-state index < -0.39 is 0 Å². The van der Waals surface area contributed by atoms with Crippen LogP contribution in [0.2, 0.25) is 0 Å². The Morgan fingerprint density at radius 3 is 2.78 bits per heavy atom. The molecule has 1 atom stereocenters. The van der Waals surface area contributed by atoms with Crippen LogP contribution in [0.3, 0.4) is 0 Å². The van der Waals surface area contributed by atoms with Gasteiger partial charge < -0.3 is 4.90 Å². The molecule has 2 heterocycles. The number of benzene rings is 2. The number of fused-ring (bicyclic) bond motifs is 2. The Morgan fingerprint density at radius 1 is 1.13 bits per heavy atom. The highest BCUT2D eigenvalue weighted by molar-refractivity contribution is 8.00. The zero-order valence-electron chi connectivity index (χ0n) is 12.9. The molecular formula is C19H17NOS2. The second kappa shape index (κ2) is 6.02. The minimum Gasteiger partial charge on any atom is -0.306 e. The van der Waals surface area contributed by atoms with Gasteiger partial charge in [0.2, 0.25) is 0 Å². The van der Waals surface area contributed by atoms with Crippen molar-refractivity contribution in [1.82, 2.24) is 0 Å². The second-order valence-electron chi connectivity index (χ2n) is 5.79. The van der Waals surface area contributed by atoms with Gasteiger partial charge in [-0.05, 0) is 36.1 Å². The number of rotatable bonds is 1. The SMILES string of the molecule is CC1CCN(C(=O)c2cc3ccccc3s2)c2ccccc2S1. The van der Waals surface area contributed by atoms with E-state index in [1.54, 1.807) is 11.3 Å². The minimum absolute atomic E-state index is 0.119. The summed E-state index contributed by atoms with van der Waals surface area (Å²) in [5.74, 6) is 0.119. The van der Waals surface area contributed by atoms with Crippen molar-refractivity contribution in [2.75, 3.05) is 11.4 Å². The zero-order chi connectivity index (χ0) is 15.8. The first-order valence-electron chi connectivity index (χ1n) is 7.78. The summed E-state index contributed by atoms with van der Waals surface area (Å²) < 4.78 is 1.17. The molecule has 0 aliphatic carbocycles. The van der Waals surface area contributed by atoms with E-state index in [-0.39, 0.29) is 5.91 Å². The van der Waals surface area contributed by atoms with Crippen LogP contribution in [-0.2, 0) is 0 Å². The topological polar surface area (TPSA) is 20.3 Å². The lowest BCUT2D eigenvalue weighted by atomic mass is 10.2. The fourth-order valence-electron chi connectivity index (χ4n) is 2.92. The Kier molecular flexibility index (Phi) is 3.87. The van der Waals surface area contributed by atoms with Crippen molar-refractivity contribution in [2.45, 2.75) is 23.5 Å². The third-order valence-electron chi connectivity index (χ3n) is 4.12. The van der Waals surface area contributed by atoms with Gasteiger partial charge in [-0.3, -0.25) is 4.79 Å². The molecule has 1 amide bonds. The first-order chi connectivity index (χ1) is 11.2. The van der Waals surface area contributed by atoms with Gasteiger partial charge in [0.25, 0.3) is 5.91 Å². The van der Waals surface area contributed by atoms with Gasteiger partial charge in [-0.15, -0.1) is 23.1 Å². The lowest BCUT2D eigenvalue weighted by Crippen LogP contribution is -2.31. The van der Waals surface area contributed by atoms with Crippen LogP contribution in [0.25, 0.3) is 10.1 Å². The molecule has 1 aliphatic heterocycles. The Morgan fingerprint density at radius 2 is 1.91 bits per heavy atom. The van der Waals surface area contributed by atoms with Crippen molar-refractivity contribution in [3.63, 3.8) is 0 Å². The van der Waals surface area contributed by atoms with Crippen molar-refractivity contribution < 1.29 is 4.79 Å². The summed E-state index contributed by atoms with van der Waals surface area (Å²) >= 11 is 3.45. The third kappa shape index (κ3) is 2.77. The van der Waals surface area contributed by atoms with E-state index in [2.05, 4.69) is 31.2 Å². The van der Waals surface area contributed by atoms with Crippen LogP contribution in [0.1, 0.15) is 23.0 Å². The van der Waals surface area contributed by atoms with Crippen LogP contribution in [0.15, 0.2) is 59.5 Å². The lowest BCUT2D eigenvalue weighted by Gasteiger charge is -2.21. The van der Waals surface area contributed by atoms with Gasteiger partial charge in [-0.1, -0.05) is 37.3 Å². The predicted octanol–water partition coefficient (Wildman–Crippen LogP) is 5.43. The van der Waals surface area contributed by atoms with Crippen molar-refractivity contribution in [3.8, 4) is 0 Å². The number of anilines is 1. The van der Waals surface area contributed by atoms with Gasteiger partial charge >= 0.3 is 0 Å². The van der Waals surface area contributed by atoms with E-state index >= 15 is 0 Å². The fourth-order valence-corrected chi connectivity index (χ4v) is 5.04. The molecule has 3 aromatic rings. The quantitative estimate of drug-likeness (QED) is 0.589. The van der Waals surface area contributed by atoms with Crippen LogP contribution in [0.5, 0.6) is 0 Å². The third-order valence-corrected chi connectivity index (χ3v) is 6.47. The van der Waals surface area contributed by atoms with Crippen LogP contribution >= 0.6 is 23.1 Å². The number of hydrogen-bond acceptors (Lipinski definition) is 3. The van der Waals surface area contributed by atoms with Crippen LogP contribution < -0.4 is 4.90 Å². The molecule has 4 rings (SSSR count). The summed E-state index contributed by atoms with van der Waals surface area (Å²) in [6, 6.07) is 18.4. The maximum absolute atomic E-state index is 13.1. The zero-order valence-corrected chi connectivity index (χ0v) is 14.5. The van der Waals surface area contributed by atoms with E-state index in [0.717, 1.165) is 28.9 Å². The molecule has 1 aromatic heterocycles. The van der Waals surface area contributed by atoms with E-state index in [1.807, 2.05) is 47.0 Å². The van der Waals surface area contributed by atoms with Gasteiger partial charge in [0.05, 0.1) is 10.6 Å². The number of thioether (sulfide) groups is 1. The van der Waals surface area contributed by atoms with Crippen LogP contribution in [-0.4, -0.2) is 17.7 Å². The van der Waals surface area contributed by atoms with Crippen molar-refractivity contribution in [3.05, 3.63) is 59.5 Å². The van der Waals surface area contributed by atoms with Crippen molar-refractivity contribution >= 4 is 44.8 Å². The predicted molar refractivity (Wildman–Crippen MR) is 99.9 cm³/mol. The van der Waals surface area contributed by atoms with Gasteiger partial charge in [0.15, 0.2) is 0 Å². The average molecular weight is 339 g/mol. The highest BCUT2D eigenvalue weighted by atomic mass is 32.2. The molecule has 0 bridgehead atoms. The average Bonchev–Trinajstić information content (AvgIpc) is 2.92. The molecule has 0 spiro atoms. The number of para-hydroxylation sites is 1. The highest BCUT2D eigenvalue weighted by Crippen LogP contribution is 2.38. The maximum Gasteiger partial charge on any atom is 0.268 e. The summed E-state index contributed by atoms with van der Waals surface area (Å²) in [7, 11) is 0. The monoisotopic (exact) mass is 339 g/mol. The molecule has 1 aliphatic rings. The number of thiophene rings is 1. The van der Waals surface area contributed by atoms with E-state index in [4.69, 9.17) is 0 Å². The lowest BCUT2D eigenvalue weighted by molar-refractivity contribution is 0.0990. The molecule has 0 saturated heterocycles. The Labute approximate surface area is 144 Å². The summed E-state index contributed by atoms with van der Waals surface area (Å²) in [6.07, 6.45) is 1.01. The molecular weight excluding hydrogens is 322 g/mol. The van der Waals surface area contributed by atoms with Crippen LogP contribution in [0.4, 0.5) is 5.69 Å². The van der Waals surface area contributed by atoms with Gasteiger partial charge in [-0.25, -0.2) is 0 Å². The number of nitrogens with zero attached hydrogens (tertiary/aromatic N) is 1. The second-order valence-corrected chi connectivity index (χ2v) is 8.35. The van der Waals surface area contributed by atoms with E-state index in [9.17, 15) is 4.79 Å². The van der Waals surface area contributed by atoms with Crippen molar-refractivity contribution in [2.24, 2.45) is 0 Å². The minimum atomic E-state index is 0.119. The van der Waals surface area contributed by atoms with Gasteiger partial charge in [0, 0.05) is 21.4 Å². The first kappa shape index (κ1) is 14.8. The summed E-state index contributed by atoms with van der Waals surface area (Å²) in [5, 5.41) is 1.67. The maximum atomic E-state index is 13.1. The number of carbonyl (C=O) groups excluding carboxylic acids is 1. The molecule has 0 saturated carbocycles. The standard InChI is InChI=1S/C19H17NOS2/c1-13-10-11-20(15-7-3-5-9-17(15)22-13)19(21)18-12-14-6-2-4-8-16(14)23-18/h2-9,12-13H,10-11H2,1H3. The number of carbonyl (C=O) groups is 1. The molecule has 23 heavy (non-hydrogen) atoms. The van der Waals surface area contributed by atoms with Crippen molar-refractivity contribution in [1.29, 1.82) is 0 Å². The van der Waals surface area contributed by atoms with Crippen LogP contribution in [0, 0.1) is 0 Å². The normalized spacial score (nSPS) is 17.8. The Hall–Kier alpha value is -1.78. The fraction of sp³-hybridized carbons (Fsp3) is 0.211. The molecule has 0 N–H and O–H groups in total. The largest absolute Gasteiger partial charge is 0.306 e. The summed E-state index contributed by atoms with van der Waals surface area (Å²) in [5.41, 5.74) is 1.05. The first-order valence-corrected chi connectivity index (χ1v) is 9.48. The Balaban J connectivity index is 1.75. The molecule has 116 valence electrons. The molecule has 2 nitrogen and oxygen atoms in total. The number of amides is 1. The molecule has 2 aromatic carbocycles. The summed E-state index contributed by atoms with van der Waals surface area (Å²) in [4.78, 5) is 17.1. The number of hydrogen-bond donors (Lipinski definition) is 0. The smallest absolute Gasteiger partial charge is 0.268 e. The van der Waals surface area contributed by atoms with Gasteiger partial charge in [0.1, 0.15) is 0 Å². The molecule has 0 fully saturated rings. The van der Waals surface area contributed by atoms with Gasteiger partial charge in [-0.2, -0.15) is 0 Å². The highest BCUT2D eigenvalue weighted by Gasteiger charge is 2.25. The molecule has 0 radical (unpaired) electrons. The molecule has 4 heteroatoms. The summed E-state index contributed by atoms with van der Waals surface area (Å²) in [6.45, 7) is 3.01. The van der Waals surface area contributed by atoms with E-state index in [0.29, 0.717) is 5.25 Å².